The van der Waals surface area contributed by atoms with E-state index in [1.54, 1.807) is 30.0 Å². The van der Waals surface area contributed by atoms with Crippen LogP contribution in [0.2, 0.25) is 0 Å². The maximum atomic E-state index is 9.20. The summed E-state index contributed by atoms with van der Waals surface area (Å²) in [6, 6.07) is 17.2. The van der Waals surface area contributed by atoms with E-state index in [0.717, 1.165) is 17.0 Å². The summed E-state index contributed by atoms with van der Waals surface area (Å²) in [6.07, 6.45) is 6.71. The average molecular weight is 467 g/mol. The van der Waals surface area contributed by atoms with E-state index in [-0.39, 0.29) is 12.1 Å². The van der Waals surface area contributed by atoms with Crippen LogP contribution in [0, 0.1) is 17.2 Å². The largest absolute Gasteiger partial charge is 0.375 e. The first kappa shape index (κ1) is 22.6. The minimum atomic E-state index is 0.0192. The number of ether oxygens (including phenoxy) is 1. The van der Waals surface area contributed by atoms with E-state index in [0.29, 0.717) is 35.1 Å². The molecule has 1 aliphatic carbocycles. The second-order valence-corrected chi connectivity index (χ2v) is 8.75. The number of benzene rings is 1. The van der Waals surface area contributed by atoms with E-state index in [2.05, 4.69) is 26.3 Å². The lowest BCUT2D eigenvalue weighted by Gasteiger charge is -2.21. The molecule has 1 atom stereocenters. The van der Waals surface area contributed by atoms with Crippen molar-refractivity contribution in [2.24, 2.45) is 5.92 Å². The molecular formula is C26H26N8O. The first-order valence-corrected chi connectivity index (χ1v) is 11.7. The van der Waals surface area contributed by atoms with E-state index in [9.17, 15) is 5.26 Å². The molecule has 9 heteroatoms. The molecule has 1 aliphatic rings. The van der Waals surface area contributed by atoms with Crippen LogP contribution < -0.4 is 5.73 Å². The molecule has 35 heavy (non-hydrogen) atoms. The fraction of sp³-hybridized carbons (Fsp3) is 0.308. The molecule has 0 saturated heterocycles. The van der Waals surface area contributed by atoms with Crippen LogP contribution in [-0.4, -0.2) is 37.1 Å². The van der Waals surface area contributed by atoms with Crippen molar-refractivity contribution in [2.45, 2.75) is 38.3 Å². The van der Waals surface area contributed by atoms with Crippen molar-refractivity contribution in [1.82, 2.24) is 29.9 Å². The Morgan fingerprint density at radius 1 is 1.06 bits per heavy atom. The Bertz CT molecular complexity index is 1370. The van der Waals surface area contributed by atoms with Crippen LogP contribution in [0.15, 0.2) is 54.7 Å². The summed E-state index contributed by atoms with van der Waals surface area (Å²) in [5, 5.41) is 17.8. The van der Waals surface area contributed by atoms with Crippen molar-refractivity contribution in [1.29, 1.82) is 5.26 Å². The molecule has 0 amide bonds. The number of nitriles is 1. The number of nitrogens with zero attached hydrogens (tertiary/aromatic N) is 7. The normalized spacial score (nSPS) is 14.6. The van der Waals surface area contributed by atoms with Gasteiger partial charge in [0.05, 0.1) is 47.1 Å². The summed E-state index contributed by atoms with van der Waals surface area (Å²) < 4.78 is 7.55. The summed E-state index contributed by atoms with van der Waals surface area (Å²) in [7, 11) is 1.76. The predicted octanol–water partition coefficient (Wildman–Crippen LogP) is 4.18. The topological polar surface area (TPSA) is 128 Å². The van der Waals surface area contributed by atoms with Crippen LogP contribution in [0.3, 0.4) is 0 Å². The summed E-state index contributed by atoms with van der Waals surface area (Å²) in [5.41, 5.74) is 10.9. The van der Waals surface area contributed by atoms with Gasteiger partial charge in [0.2, 0.25) is 5.95 Å². The number of methoxy groups -OCH3 is 1. The Morgan fingerprint density at radius 2 is 1.86 bits per heavy atom. The Morgan fingerprint density at radius 3 is 2.66 bits per heavy atom. The number of pyridine rings is 1. The van der Waals surface area contributed by atoms with Gasteiger partial charge in [0, 0.05) is 12.7 Å². The number of aromatic nitrogens is 6. The molecule has 1 unspecified atom stereocenters. The highest BCUT2D eigenvalue weighted by Gasteiger charge is 2.27. The van der Waals surface area contributed by atoms with Gasteiger partial charge >= 0.3 is 0 Å². The Hall–Kier alpha value is -4.16. The van der Waals surface area contributed by atoms with Gasteiger partial charge in [-0.1, -0.05) is 36.3 Å². The lowest BCUT2D eigenvalue weighted by atomic mass is 9.97. The average Bonchev–Trinajstić information content (AvgIpc) is 3.57. The minimum absolute atomic E-state index is 0.0192. The molecule has 3 aromatic heterocycles. The second-order valence-electron chi connectivity index (χ2n) is 8.75. The van der Waals surface area contributed by atoms with Gasteiger partial charge in [-0.05, 0) is 49.1 Å². The molecule has 2 N–H and O–H groups in total. The molecular weight excluding hydrogens is 440 g/mol. The van der Waals surface area contributed by atoms with Gasteiger partial charge in [-0.25, -0.2) is 14.6 Å². The van der Waals surface area contributed by atoms with Gasteiger partial charge in [0.1, 0.15) is 11.8 Å². The van der Waals surface area contributed by atoms with Crippen molar-refractivity contribution < 1.29 is 4.74 Å². The Labute approximate surface area is 203 Å². The maximum absolute atomic E-state index is 9.20. The summed E-state index contributed by atoms with van der Waals surface area (Å²) in [4.78, 5) is 13.5. The van der Waals surface area contributed by atoms with Gasteiger partial charge in [-0.15, -0.1) is 5.10 Å². The molecule has 0 bridgehead atoms. The molecule has 3 heterocycles. The van der Waals surface area contributed by atoms with Crippen molar-refractivity contribution >= 4 is 5.95 Å². The smallest absolute Gasteiger partial charge is 0.221 e. The van der Waals surface area contributed by atoms with Crippen molar-refractivity contribution in [3.63, 3.8) is 0 Å². The zero-order valence-electron chi connectivity index (χ0n) is 19.5. The number of anilines is 1. The van der Waals surface area contributed by atoms with Gasteiger partial charge in [0.15, 0.2) is 0 Å². The zero-order valence-corrected chi connectivity index (χ0v) is 19.5. The van der Waals surface area contributed by atoms with Crippen LogP contribution in [0.4, 0.5) is 5.95 Å². The SMILES string of the molecule is COC(c1cccc(Cn2cc(-c3cc(-c4cccc(C#N)c4)nc(N)n3)nn2)n1)C1CCCC1. The number of hydrogen-bond donors (Lipinski definition) is 1. The minimum Gasteiger partial charge on any atom is -0.375 e. The number of nitrogens with two attached hydrogens (primary N) is 1. The fourth-order valence-electron chi connectivity index (χ4n) is 4.71. The molecule has 0 aliphatic heterocycles. The van der Waals surface area contributed by atoms with Gasteiger partial charge in [0.25, 0.3) is 0 Å². The van der Waals surface area contributed by atoms with Crippen molar-refractivity contribution in [3.8, 4) is 28.7 Å². The molecule has 1 saturated carbocycles. The van der Waals surface area contributed by atoms with E-state index in [1.807, 2.05) is 36.5 Å². The lowest BCUT2D eigenvalue weighted by molar-refractivity contribution is 0.0500. The molecule has 1 aromatic carbocycles. The van der Waals surface area contributed by atoms with Crippen LogP contribution in [0.5, 0.6) is 0 Å². The van der Waals surface area contributed by atoms with Crippen LogP contribution >= 0.6 is 0 Å². The van der Waals surface area contributed by atoms with E-state index in [1.165, 1.54) is 25.7 Å². The molecule has 0 spiro atoms. The molecule has 5 rings (SSSR count). The first-order chi connectivity index (χ1) is 17.1. The van der Waals surface area contributed by atoms with E-state index in [4.69, 9.17) is 15.5 Å². The number of nitrogen functional groups attached to an aromatic ring is 1. The van der Waals surface area contributed by atoms with Crippen LogP contribution in [0.1, 0.15) is 48.7 Å². The predicted molar refractivity (Wildman–Crippen MR) is 131 cm³/mol. The van der Waals surface area contributed by atoms with Crippen LogP contribution in [0.25, 0.3) is 22.6 Å². The fourth-order valence-corrected chi connectivity index (χ4v) is 4.71. The van der Waals surface area contributed by atoms with Crippen molar-refractivity contribution in [3.05, 3.63) is 71.7 Å². The molecule has 4 aromatic rings. The molecule has 9 nitrogen and oxygen atoms in total. The Balaban J connectivity index is 1.37. The van der Waals surface area contributed by atoms with Crippen molar-refractivity contribution in [2.75, 3.05) is 12.8 Å². The summed E-state index contributed by atoms with van der Waals surface area (Å²) in [5.74, 6) is 0.647. The molecule has 0 radical (unpaired) electrons. The Kier molecular flexibility index (Phi) is 6.46. The first-order valence-electron chi connectivity index (χ1n) is 11.7. The lowest BCUT2D eigenvalue weighted by Crippen LogP contribution is -2.14. The zero-order chi connectivity index (χ0) is 24.2. The van der Waals surface area contributed by atoms with E-state index < -0.39 is 0 Å². The molecule has 176 valence electrons. The van der Waals surface area contributed by atoms with Gasteiger partial charge in [-0.3, -0.25) is 4.98 Å². The van der Waals surface area contributed by atoms with Crippen LogP contribution in [-0.2, 0) is 11.3 Å². The quantitative estimate of drug-likeness (QED) is 0.429. The summed E-state index contributed by atoms with van der Waals surface area (Å²) in [6.45, 7) is 0.472. The second kappa shape index (κ2) is 9.99. The van der Waals surface area contributed by atoms with Gasteiger partial charge < -0.3 is 10.5 Å². The third-order valence-corrected chi connectivity index (χ3v) is 6.36. The van der Waals surface area contributed by atoms with E-state index >= 15 is 0 Å². The highest BCUT2D eigenvalue weighted by atomic mass is 16.5. The third-order valence-electron chi connectivity index (χ3n) is 6.36. The molecule has 1 fully saturated rings. The highest BCUT2D eigenvalue weighted by molar-refractivity contribution is 5.68. The number of rotatable bonds is 7. The highest BCUT2D eigenvalue weighted by Crippen LogP contribution is 2.37. The monoisotopic (exact) mass is 466 g/mol. The number of hydrogen-bond acceptors (Lipinski definition) is 8. The standard InChI is InChI=1S/C26H26N8O/c1-35-25(18-7-2-3-8-18)21-11-5-10-20(29-21)15-34-16-24(32-33-34)23-13-22(30-26(28)31-23)19-9-4-6-17(12-19)14-27/h4-6,9-13,16,18,25H,2-3,7-8,15H2,1H3,(H2,28,30,31). The maximum Gasteiger partial charge on any atom is 0.221 e. The third kappa shape index (κ3) is 5.03. The summed E-state index contributed by atoms with van der Waals surface area (Å²) >= 11 is 0. The van der Waals surface area contributed by atoms with Gasteiger partial charge in [-0.2, -0.15) is 5.26 Å².